The van der Waals surface area contributed by atoms with Gasteiger partial charge in [0.2, 0.25) is 0 Å². The van der Waals surface area contributed by atoms with Gasteiger partial charge in [0.25, 0.3) is 0 Å². The van der Waals surface area contributed by atoms with Gasteiger partial charge in [-0.15, -0.1) is 10.2 Å². The number of aliphatic hydroxyl groups excluding tert-OH is 2. The van der Waals surface area contributed by atoms with E-state index < -0.39 is 17.8 Å². The number of aryl methyl sites for hydroxylation is 1. The summed E-state index contributed by atoms with van der Waals surface area (Å²) in [4.78, 5) is 0. The molecule has 0 radical (unpaired) electrons. The molecule has 0 saturated heterocycles. The van der Waals surface area contributed by atoms with Crippen molar-refractivity contribution in [2.45, 2.75) is 115 Å². The molecule has 162 valence electrons. The van der Waals surface area contributed by atoms with E-state index in [9.17, 15) is 15.3 Å². The molecule has 1 aliphatic rings. The Hall–Kier alpha value is -1.05. The molecule has 1 aromatic heterocycles. The molecule has 1 heterocycles. The zero-order chi connectivity index (χ0) is 20.4. The Morgan fingerprint density at radius 3 is 2.43 bits per heavy atom. The fourth-order valence-corrected chi connectivity index (χ4v) is 4.90. The third kappa shape index (κ3) is 7.08. The average molecular weight is 397 g/mol. The minimum Gasteiger partial charge on any atom is -0.393 e. The third-order valence-corrected chi connectivity index (χ3v) is 6.43. The number of aliphatic hydroxyl groups is 3. The Labute approximate surface area is 169 Å². The zero-order valence-corrected chi connectivity index (χ0v) is 17.7. The van der Waals surface area contributed by atoms with Gasteiger partial charge in [0.15, 0.2) is 5.82 Å². The van der Waals surface area contributed by atoms with Crippen LogP contribution in [0.4, 0.5) is 0 Å². The Bertz CT molecular complexity index is 524. The van der Waals surface area contributed by atoms with Crippen molar-refractivity contribution >= 4 is 0 Å². The van der Waals surface area contributed by atoms with E-state index in [1.165, 1.54) is 19.3 Å². The normalized spacial score (nSPS) is 27.2. The van der Waals surface area contributed by atoms with Crippen molar-refractivity contribution < 1.29 is 15.3 Å². The lowest BCUT2D eigenvalue weighted by atomic mass is 9.75. The molecular weight excluding hydrogens is 356 g/mol. The fourth-order valence-electron chi connectivity index (χ4n) is 4.90. The number of nitrogens with one attached hydrogen (secondary N) is 1. The maximum atomic E-state index is 11.1. The van der Waals surface area contributed by atoms with Gasteiger partial charge < -0.3 is 15.3 Å². The number of aromatic nitrogens is 4. The standard InChI is InChI=1S/C21H40N4O3/c1-3-4-5-8-11-14-21(2,28)20-16(17(26)15-18(20)27)12-9-6-7-10-13-19-22-24-25-23-19/h16-18,20,26-28H,3-15H2,1-2H3,(H,22,23,24,25)/t16-,17-,18+,20+,21?/m1/s1. The van der Waals surface area contributed by atoms with Crippen molar-refractivity contribution in [1.82, 2.24) is 20.6 Å². The minimum atomic E-state index is -0.910. The van der Waals surface area contributed by atoms with E-state index in [2.05, 4.69) is 27.5 Å². The van der Waals surface area contributed by atoms with Crippen molar-refractivity contribution in [3.63, 3.8) is 0 Å². The maximum absolute atomic E-state index is 11.1. The highest BCUT2D eigenvalue weighted by Gasteiger charge is 2.49. The summed E-state index contributed by atoms with van der Waals surface area (Å²) in [6.07, 6.45) is 11.6. The topological polar surface area (TPSA) is 115 Å². The first-order valence-corrected chi connectivity index (χ1v) is 11.3. The molecule has 0 amide bonds. The van der Waals surface area contributed by atoms with E-state index in [0.717, 1.165) is 57.2 Å². The van der Waals surface area contributed by atoms with Gasteiger partial charge in [0, 0.05) is 12.3 Å². The highest BCUT2D eigenvalue weighted by molar-refractivity contribution is 4.99. The molecule has 4 N–H and O–H groups in total. The van der Waals surface area contributed by atoms with Crippen LogP contribution in [-0.2, 0) is 6.42 Å². The molecule has 5 atom stereocenters. The second-order valence-corrected chi connectivity index (χ2v) is 8.86. The summed E-state index contributed by atoms with van der Waals surface area (Å²) in [6, 6.07) is 0. The fraction of sp³-hybridized carbons (Fsp3) is 0.952. The number of tetrazole rings is 1. The van der Waals surface area contributed by atoms with E-state index >= 15 is 0 Å². The highest BCUT2D eigenvalue weighted by atomic mass is 16.3. The van der Waals surface area contributed by atoms with Gasteiger partial charge in [-0.05, 0) is 38.5 Å². The van der Waals surface area contributed by atoms with Crippen LogP contribution in [0.2, 0.25) is 0 Å². The smallest absolute Gasteiger partial charge is 0.174 e. The molecule has 7 heteroatoms. The lowest BCUT2D eigenvalue weighted by molar-refractivity contribution is -0.0750. The summed E-state index contributed by atoms with van der Waals surface area (Å²) in [5.74, 6) is 0.509. The van der Waals surface area contributed by atoms with Gasteiger partial charge in [-0.25, -0.2) is 0 Å². The van der Waals surface area contributed by atoms with Crippen LogP contribution < -0.4 is 0 Å². The summed E-state index contributed by atoms with van der Waals surface area (Å²) < 4.78 is 0. The number of nitrogens with zero attached hydrogens (tertiary/aromatic N) is 3. The molecule has 28 heavy (non-hydrogen) atoms. The Morgan fingerprint density at radius 2 is 1.71 bits per heavy atom. The second-order valence-electron chi connectivity index (χ2n) is 8.86. The molecule has 0 aliphatic heterocycles. The first kappa shape index (κ1) is 23.2. The zero-order valence-electron chi connectivity index (χ0n) is 17.7. The molecule has 2 rings (SSSR count). The SMILES string of the molecule is CCCCCCCC(C)(O)[C@H]1[C@H](CCCCCCc2nn[nH]n2)[C@H](O)C[C@@H]1O. The number of hydrogen-bond donors (Lipinski definition) is 4. The van der Waals surface area contributed by atoms with E-state index in [1.54, 1.807) is 0 Å². The third-order valence-electron chi connectivity index (χ3n) is 6.43. The van der Waals surface area contributed by atoms with Crippen LogP contribution in [0.15, 0.2) is 0 Å². The van der Waals surface area contributed by atoms with Crippen molar-refractivity contribution in [3.8, 4) is 0 Å². The lowest BCUT2D eigenvalue weighted by Gasteiger charge is -2.37. The molecule has 0 spiro atoms. The van der Waals surface area contributed by atoms with Gasteiger partial charge in [-0.2, -0.15) is 5.21 Å². The lowest BCUT2D eigenvalue weighted by Crippen LogP contribution is -2.43. The maximum Gasteiger partial charge on any atom is 0.174 e. The molecule has 7 nitrogen and oxygen atoms in total. The second kappa shape index (κ2) is 11.8. The van der Waals surface area contributed by atoms with Gasteiger partial charge in [-0.3, -0.25) is 0 Å². The Balaban J connectivity index is 1.73. The molecule has 1 saturated carbocycles. The first-order chi connectivity index (χ1) is 13.5. The number of aromatic amines is 1. The highest BCUT2D eigenvalue weighted by Crippen LogP contribution is 2.44. The van der Waals surface area contributed by atoms with E-state index in [4.69, 9.17) is 0 Å². The first-order valence-electron chi connectivity index (χ1n) is 11.3. The van der Waals surface area contributed by atoms with Crippen molar-refractivity contribution in [3.05, 3.63) is 5.82 Å². The predicted octanol–water partition coefficient (Wildman–Crippen LogP) is 3.16. The average Bonchev–Trinajstić information content (AvgIpc) is 3.25. The molecule has 1 fully saturated rings. The molecule has 0 aromatic carbocycles. The monoisotopic (exact) mass is 396 g/mol. The van der Waals surface area contributed by atoms with Crippen molar-refractivity contribution in [2.24, 2.45) is 11.8 Å². The van der Waals surface area contributed by atoms with Crippen molar-refractivity contribution in [2.75, 3.05) is 0 Å². The van der Waals surface area contributed by atoms with Crippen molar-refractivity contribution in [1.29, 1.82) is 0 Å². The predicted molar refractivity (Wildman–Crippen MR) is 109 cm³/mol. The van der Waals surface area contributed by atoms with Crippen LogP contribution in [0.3, 0.4) is 0 Å². The van der Waals surface area contributed by atoms with Gasteiger partial charge >= 0.3 is 0 Å². The number of unbranched alkanes of at least 4 members (excludes halogenated alkanes) is 7. The summed E-state index contributed by atoms with van der Waals surface area (Å²) >= 11 is 0. The van der Waals surface area contributed by atoms with Gasteiger partial charge in [-0.1, -0.05) is 63.5 Å². The Morgan fingerprint density at radius 1 is 1.00 bits per heavy atom. The molecular formula is C21H40N4O3. The number of H-pyrrole nitrogens is 1. The molecule has 0 bridgehead atoms. The quantitative estimate of drug-likeness (QED) is 0.359. The molecule has 1 unspecified atom stereocenters. The van der Waals surface area contributed by atoms with Crippen LogP contribution in [-0.4, -0.2) is 53.8 Å². The molecule has 1 aromatic rings. The van der Waals surface area contributed by atoms with E-state index in [-0.39, 0.29) is 11.8 Å². The van der Waals surface area contributed by atoms with Crippen LogP contribution in [0.5, 0.6) is 0 Å². The van der Waals surface area contributed by atoms with Crippen LogP contribution in [0.1, 0.15) is 96.7 Å². The minimum absolute atomic E-state index is 0.0159. The number of rotatable bonds is 14. The largest absolute Gasteiger partial charge is 0.393 e. The summed E-state index contributed by atoms with van der Waals surface area (Å²) in [7, 11) is 0. The molecule has 1 aliphatic carbocycles. The van der Waals surface area contributed by atoms with Gasteiger partial charge in [0.1, 0.15) is 0 Å². The Kier molecular flexibility index (Phi) is 9.82. The number of hydrogen-bond acceptors (Lipinski definition) is 6. The summed E-state index contributed by atoms with van der Waals surface area (Å²) in [5.41, 5.74) is -0.910. The van der Waals surface area contributed by atoms with E-state index in [0.29, 0.717) is 12.8 Å². The van der Waals surface area contributed by atoms with Crippen LogP contribution in [0.25, 0.3) is 0 Å². The van der Waals surface area contributed by atoms with Gasteiger partial charge in [0.05, 0.1) is 17.8 Å². The summed E-state index contributed by atoms with van der Waals surface area (Å²) in [5, 5.41) is 46.0. The van der Waals surface area contributed by atoms with Crippen LogP contribution >= 0.6 is 0 Å². The summed E-state index contributed by atoms with van der Waals surface area (Å²) in [6.45, 7) is 4.05. The van der Waals surface area contributed by atoms with E-state index in [1.807, 2.05) is 6.92 Å². The van der Waals surface area contributed by atoms with Crippen LogP contribution in [0, 0.1) is 11.8 Å².